The van der Waals surface area contributed by atoms with E-state index in [4.69, 9.17) is 21.1 Å². The van der Waals surface area contributed by atoms with Gasteiger partial charge in [0.05, 0.1) is 37.7 Å². The van der Waals surface area contributed by atoms with E-state index in [0.29, 0.717) is 22.7 Å². The van der Waals surface area contributed by atoms with Crippen molar-refractivity contribution in [3.63, 3.8) is 0 Å². The van der Waals surface area contributed by atoms with Crippen LogP contribution in [0, 0.1) is 5.92 Å². The van der Waals surface area contributed by atoms with Gasteiger partial charge in [-0.3, -0.25) is 9.79 Å². The van der Waals surface area contributed by atoms with Gasteiger partial charge in [-0.15, -0.1) is 0 Å². The Morgan fingerprint density at radius 3 is 2.17 bits per heavy atom. The van der Waals surface area contributed by atoms with Gasteiger partial charge in [0.1, 0.15) is 5.92 Å². The van der Waals surface area contributed by atoms with Crippen molar-refractivity contribution in [2.45, 2.75) is 25.2 Å². The number of carbonyl (C=O) groups is 2. The molecular weight excluding hydrogens is 530 g/mol. The van der Waals surface area contributed by atoms with E-state index in [1.165, 1.54) is 0 Å². The zero-order chi connectivity index (χ0) is 28.5. The molecule has 1 aliphatic rings. The Labute approximate surface area is 238 Å². The number of benzene rings is 3. The fraction of sp³-hybridized carbons (Fsp3) is 0.281. The summed E-state index contributed by atoms with van der Waals surface area (Å²) in [7, 11) is 0. The van der Waals surface area contributed by atoms with Crippen LogP contribution >= 0.6 is 11.6 Å². The summed E-state index contributed by atoms with van der Waals surface area (Å²) in [4.78, 5) is 30.7. The van der Waals surface area contributed by atoms with Gasteiger partial charge in [-0.25, -0.2) is 4.79 Å². The Morgan fingerprint density at radius 1 is 0.950 bits per heavy atom. The second-order valence-electron chi connectivity index (χ2n) is 9.54. The van der Waals surface area contributed by atoms with Crippen molar-refractivity contribution in [1.82, 2.24) is 0 Å². The molecule has 2 N–H and O–H groups in total. The van der Waals surface area contributed by atoms with E-state index in [0.717, 1.165) is 11.1 Å². The van der Waals surface area contributed by atoms with Crippen LogP contribution < -0.4 is 0 Å². The first-order valence-electron chi connectivity index (χ1n) is 13.1. The number of halogens is 1. The summed E-state index contributed by atoms with van der Waals surface area (Å²) in [5.74, 6) is -3.74. The predicted octanol–water partition coefficient (Wildman–Crippen LogP) is 5.63. The number of carbonyl (C=O) groups excluding carboxylic acids is 1. The van der Waals surface area contributed by atoms with Gasteiger partial charge in [0, 0.05) is 22.6 Å². The number of aliphatic imine (C=N–C) groups is 1. The maximum absolute atomic E-state index is 13.8. The fourth-order valence-corrected chi connectivity index (χ4v) is 5.34. The van der Waals surface area contributed by atoms with Gasteiger partial charge < -0.3 is 19.7 Å². The number of aliphatic hydroxyl groups is 1. The molecule has 3 aromatic carbocycles. The number of carboxylic acid groups (broad SMARTS) is 1. The molecule has 0 amide bonds. The zero-order valence-electron chi connectivity index (χ0n) is 22.2. The Balaban J connectivity index is 1.66. The molecule has 4 rings (SSSR count). The molecule has 2 atom stereocenters. The van der Waals surface area contributed by atoms with E-state index in [1.54, 1.807) is 31.2 Å². The van der Waals surface area contributed by atoms with E-state index < -0.39 is 23.8 Å². The number of nitrogens with zero attached hydrogens (tertiary/aromatic N) is 1. The first kappa shape index (κ1) is 29.2. The van der Waals surface area contributed by atoms with Crippen molar-refractivity contribution < 1.29 is 29.3 Å². The van der Waals surface area contributed by atoms with Gasteiger partial charge in [-0.2, -0.15) is 0 Å². The Kier molecular flexibility index (Phi) is 10.2. The van der Waals surface area contributed by atoms with Crippen molar-refractivity contribution in [3.05, 3.63) is 118 Å². The lowest BCUT2D eigenvalue weighted by Gasteiger charge is -2.31. The molecule has 0 spiro atoms. The first-order chi connectivity index (χ1) is 19.4. The highest BCUT2D eigenvalue weighted by atomic mass is 35.5. The molecule has 0 saturated carbocycles. The number of esters is 1. The molecule has 0 fully saturated rings. The molecule has 208 valence electrons. The van der Waals surface area contributed by atoms with Gasteiger partial charge in [0.15, 0.2) is 0 Å². The standard InChI is InChI=1S/C32H32ClNO6/c1-21-28(31(36)37)29(24-13-8-14-25(33)19-24)30(27(34-21)20-39-18-16-35)32(38)40-17-15-26(22-9-4-2-5-10-22)23-11-6-3-7-12-23/h2-14,19,26,28-29,35H,15-18,20H2,1H3,(H,36,37). The molecule has 3 aromatic rings. The minimum absolute atomic E-state index is 0.00125. The lowest BCUT2D eigenvalue weighted by molar-refractivity contribution is -0.141. The quantitative estimate of drug-likeness (QED) is 0.219. The molecule has 0 aromatic heterocycles. The third kappa shape index (κ3) is 7.04. The number of hydrogen-bond acceptors (Lipinski definition) is 6. The SMILES string of the molecule is CC1=NC(COCCO)=C(C(=O)OCCC(c2ccccc2)c2ccccc2)C(c2cccc(Cl)c2)C1C(=O)O. The van der Waals surface area contributed by atoms with Crippen LogP contribution in [0.3, 0.4) is 0 Å². The van der Waals surface area contributed by atoms with Crippen LogP contribution in [0.4, 0.5) is 0 Å². The maximum Gasteiger partial charge on any atom is 0.336 e. The van der Waals surface area contributed by atoms with Gasteiger partial charge in [-0.1, -0.05) is 84.4 Å². The van der Waals surface area contributed by atoms with E-state index in [9.17, 15) is 19.8 Å². The van der Waals surface area contributed by atoms with Crippen molar-refractivity contribution in [3.8, 4) is 0 Å². The Hall–Kier alpha value is -3.78. The maximum atomic E-state index is 13.8. The highest BCUT2D eigenvalue weighted by Gasteiger charge is 2.42. The van der Waals surface area contributed by atoms with Crippen LogP contribution in [0.5, 0.6) is 0 Å². The van der Waals surface area contributed by atoms with E-state index in [2.05, 4.69) is 4.99 Å². The van der Waals surface area contributed by atoms with Gasteiger partial charge in [0.2, 0.25) is 0 Å². The minimum Gasteiger partial charge on any atom is -0.481 e. The second kappa shape index (κ2) is 14.0. The van der Waals surface area contributed by atoms with Gasteiger partial charge in [-0.05, 0) is 42.2 Å². The molecule has 0 aliphatic carbocycles. The third-order valence-corrected chi connectivity index (χ3v) is 7.16. The summed E-state index contributed by atoms with van der Waals surface area (Å²) in [6.07, 6.45) is 0.524. The van der Waals surface area contributed by atoms with E-state index in [1.807, 2.05) is 60.7 Å². The molecular formula is C32H32ClNO6. The number of hydrogen-bond donors (Lipinski definition) is 2. The number of rotatable bonds is 12. The topological polar surface area (TPSA) is 105 Å². The van der Waals surface area contributed by atoms with Crippen LogP contribution in [0.2, 0.25) is 5.02 Å². The molecule has 8 heteroatoms. The van der Waals surface area contributed by atoms with E-state index in [-0.39, 0.29) is 43.6 Å². The van der Waals surface area contributed by atoms with E-state index >= 15 is 0 Å². The van der Waals surface area contributed by atoms with Crippen molar-refractivity contribution in [2.75, 3.05) is 26.4 Å². The number of aliphatic hydroxyl groups excluding tert-OH is 1. The lowest BCUT2D eigenvalue weighted by atomic mass is 9.75. The lowest BCUT2D eigenvalue weighted by Crippen LogP contribution is -2.36. The molecule has 2 unspecified atom stereocenters. The number of aliphatic carboxylic acids is 1. The van der Waals surface area contributed by atoms with Crippen LogP contribution in [0.15, 0.2) is 101 Å². The van der Waals surface area contributed by atoms with Crippen molar-refractivity contribution in [1.29, 1.82) is 0 Å². The molecule has 40 heavy (non-hydrogen) atoms. The average Bonchev–Trinajstić information content (AvgIpc) is 2.95. The largest absolute Gasteiger partial charge is 0.481 e. The van der Waals surface area contributed by atoms with Crippen LogP contribution in [-0.2, 0) is 19.1 Å². The number of carboxylic acids is 1. The zero-order valence-corrected chi connectivity index (χ0v) is 23.0. The summed E-state index contributed by atoms with van der Waals surface area (Å²) >= 11 is 6.27. The van der Waals surface area contributed by atoms with Crippen molar-refractivity contribution in [2.24, 2.45) is 10.9 Å². The molecule has 1 heterocycles. The normalized spacial score (nSPS) is 17.1. The molecule has 0 saturated heterocycles. The molecule has 0 radical (unpaired) electrons. The second-order valence-corrected chi connectivity index (χ2v) is 9.97. The molecule has 1 aliphatic heterocycles. The Bertz CT molecular complexity index is 1330. The summed E-state index contributed by atoms with van der Waals surface area (Å²) in [6, 6.07) is 26.8. The third-order valence-electron chi connectivity index (χ3n) is 6.93. The van der Waals surface area contributed by atoms with Crippen LogP contribution in [0.1, 0.15) is 41.9 Å². The summed E-state index contributed by atoms with van der Waals surface area (Å²) in [5.41, 5.74) is 3.50. The molecule has 7 nitrogen and oxygen atoms in total. The van der Waals surface area contributed by atoms with Gasteiger partial charge in [0.25, 0.3) is 0 Å². The summed E-state index contributed by atoms with van der Waals surface area (Å²) in [5, 5.41) is 19.8. The minimum atomic E-state index is -1.11. The highest BCUT2D eigenvalue weighted by molar-refractivity contribution is 6.30. The monoisotopic (exact) mass is 561 g/mol. The average molecular weight is 562 g/mol. The van der Waals surface area contributed by atoms with Crippen LogP contribution in [-0.4, -0.2) is 54.3 Å². The van der Waals surface area contributed by atoms with Gasteiger partial charge >= 0.3 is 11.9 Å². The summed E-state index contributed by atoms with van der Waals surface area (Å²) < 4.78 is 11.4. The summed E-state index contributed by atoms with van der Waals surface area (Å²) in [6.45, 7) is 1.48. The van der Waals surface area contributed by atoms with Crippen LogP contribution in [0.25, 0.3) is 0 Å². The fourth-order valence-electron chi connectivity index (χ4n) is 5.14. The smallest absolute Gasteiger partial charge is 0.336 e. The first-order valence-corrected chi connectivity index (χ1v) is 13.5. The number of ether oxygens (including phenoxy) is 2. The predicted molar refractivity (Wildman–Crippen MR) is 154 cm³/mol. The highest BCUT2D eigenvalue weighted by Crippen LogP contribution is 2.40. The molecule has 0 bridgehead atoms. The Morgan fingerprint density at radius 2 is 1.60 bits per heavy atom. The van der Waals surface area contributed by atoms with Crippen molar-refractivity contribution >= 4 is 29.3 Å².